The summed E-state index contributed by atoms with van der Waals surface area (Å²) >= 11 is 7.58. The van der Waals surface area contributed by atoms with Crippen LogP contribution in [0.1, 0.15) is 18.9 Å². The van der Waals surface area contributed by atoms with Crippen LogP contribution in [0.5, 0.6) is 0 Å². The van der Waals surface area contributed by atoms with Gasteiger partial charge in [0.25, 0.3) is 0 Å². The van der Waals surface area contributed by atoms with Crippen molar-refractivity contribution in [2.75, 3.05) is 12.3 Å². The molecule has 1 aromatic rings. The molecule has 0 saturated heterocycles. The standard InChI is InChI=1S/C13H17ClN2S/c1-2-7-16-13(8-15)10-17-9-11-3-5-12(14)6-4-11/h3-6,13,16H,2,7,9-10H2,1H3. The van der Waals surface area contributed by atoms with Crippen LogP contribution in [0.3, 0.4) is 0 Å². The van der Waals surface area contributed by atoms with E-state index in [4.69, 9.17) is 16.9 Å². The maximum absolute atomic E-state index is 8.94. The zero-order chi connectivity index (χ0) is 12.5. The number of halogens is 1. The van der Waals surface area contributed by atoms with E-state index < -0.39 is 0 Å². The van der Waals surface area contributed by atoms with Gasteiger partial charge in [-0.25, -0.2) is 0 Å². The maximum Gasteiger partial charge on any atom is 0.104 e. The molecule has 17 heavy (non-hydrogen) atoms. The molecule has 4 heteroatoms. The van der Waals surface area contributed by atoms with Gasteiger partial charge in [-0.15, -0.1) is 0 Å². The van der Waals surface area contributed by atoms with E-state index in [0.29, 0.717) is 0 Å². The van der Waals surface area contributed by atoms with E-state index >= 15 is 0 Å². The number of hydrogen-bond donors (Lipinski definition) is 1. The van der Waals surface area contributed by atoms with Gasteiger partial charge in [-0.05, 0) is 30.7 Å². The Morgan fingerprint density at radius 2 is 2.12 bits per heavy atom. The summed E-state index contributed by atoms with van der Waals surface area (Å²) in [6, 6.07) is 10.1. The molecule has 0 fully saturated rings. The first-order valence-electron chi connectivity index (χ1n) is 5.71. The Kier molecular flexibility index (Phi) is 7.11. The van der Waals surface area contributed by atoms with E-state index in [1.54, 1.807) is 11.8 Å². The average molecular weight is 269 g/mol. The van der Waals surface area contributed by atoms with Crippen molar-refractivity contribution in [1.82, 2.24) is 5.32 Å². The highest BCUT2D eigenvalue weighted by molar-refractivity contribution is 7.98. The number of nitrogens with one attached hydrogen (secondary N) is 1. The van der Waals surface area contributed by atoms with Crippen LogP contribution in [0.25, 0.3) is 0 Å². The molecule has 0 aliphatic rings. The van der Waals surface area contributed by atoms with E-state index in [2.05, 4.69) is 18.3 Å². The molecule has 1 N–H and O–H groups in total. The second-order valence-electron chi connectivity index (χ2n) is 3.78. The van der Waals surface area contributed by atoms with Crippen LogP contribution >= 0.6 is 23.4 Å². The van der Waals surface area contributed by atoms with Gasteiger partial charge in [0, 0.05) is 16.5 Å². The fourth-order valence-electron chi connectivity index (χ4n) is 1.34. The number of thioether (sulfide) groups is 1. The Morgan fingerprint density at radius 1 is 1.41 bits per heavy atom. The highest BCUT2D eigenvalue weighted by atomic mass is 35.5. The fourth-order valence-corrected chi connectivity index (χ4v) is 2.44. The lowest BCUT2D eigenvalue weighted by molar-refractivity contribution is 0.637. The Morgan fingerprint density at radius 3 is 2.71 bits per heavy atom. The Labute approximate surface area is 112 Å². The van der Waals surface area contributed by atoms with Crippen molar-refractivity contribution in [1.29, 1.82) is 5.26 Å². The molecule has 0 heterocycles. The highest BCUT2D eigenvalue weighted by Crippen LogP contribution is 2.16. The van der Waals surface area contributed by atoms with Crippen LogP contribution < -0.4 is 5.32 Å². The summed E-state index contributed by atoms with van der Waals surface area (Å²) in [5, 5.41) is 12.9. The van der Waals surface area contributed by atoms with Crippen molar-refractivity contribution in [2.24, 2.45) is 0 Å². The molecule has 0 aliphatic heterocycles. The van der Waals surface area contributed by atoms with Gasteiger partial charge in [0.1, 0.15) is 6.04 Å². The smallest absolute Gasteiger partial charge is 0.104 e. The summed E-state index contributed by atoms with van der Waals surface area (Å²) in [6.07, 6.45) is 1.06. The minimum Gasteiger partial charge on any atom is -0.301 e. The van der Waals surface area contributed by atoms with Crippen LogP contribution in [-0.4, -0.2) is 18.3 Å². The molecule has 0 saturated carbocycles. The number of nitrogens with zero attached hydrogens (tertiary/aromatic N) is 1. The van der Waals surface area contributed by atoms with Crippen molar-refractivity contribution in [3.63, 3.8) is 0 Å². The van der Waals surface area contributed by atoms with Gasteiger partial charge < -0.3 is 5.32 Å². The third-order valence-corrected chi connectivity index (χ3v) is 3.62. The lowest BCUT2D eigenvalue weighted by Gasteiger charge is -2.10. The van der Waals surface area contributed by atoms with Gasteiger partial charge in [-0.3, -0.25) is 0 Å². The molecule has 0 spiro atoms. The number of hydrogen-bond acceptors (Lipinski definition) is 3. The Balaban J connectivity index is 2.26. The Hall–Kier alpha value is -0.690. The van der Waals surface area contributed by atoms with E-state index in [-0.39, 0.29) is 6.04 Å². The molecule has 0 aliphatic carbocycles. The second kappa shape index (κ2) is 8.41. The second-order valence-corrected chi connectivity index (χ2v) is 5.24. The molecule has 2 nitrogen and oxygen atoms in total. The monoisotopic (exact) mass is 268 g/mol. The van der Waals surface area contributed by atoms with Gasteiger partial charge >= 0.3 is 0 Å². The first kappa shape index (κ1) is 14.4. The van der Waals surface area contributed by atoms with Gasteiger partial charge in [0.05, 0.1) is 6.07 Å². The molecule has 1 rings (SSSR count). The van der Waals surface area contributed by atoms with Crippen LogP contribution in [0, 0.1) is 11.3 Å². The van der Waals surface area contributed by atoms with Crippen molar-refractivity contribution < 1.29 is 0 Å². The van der Waals surface area contributed by atoms with Crippen molar-refractivity contribution >= 4 is 23.4 Å². The molecular formula is C13H17ClN2S. The first-order chi connectivity index (χ1) is 8.26. The molecule has 1 unspecified atom stereocenters. The average Bonchev–Trinajstić information content (AvgIpc) is 2.36. The van der Waals surface area contributed by atoms with Gasteiger partial charge in [0.2, 0.25) is 0 Å². The lowest BCUT2D eigenvalue weighted by atomic mass is 10.2. The van der Waals surface area contributed by atoms with E-state index in [0.717, 1.165) is 29.5 Å². The zero-order valence-electron chi connectivity index (χ0n) is 9.95. The van der Waals surface area contributed by atoms with Crippen LogP contribution in [0.15, 0.2) is 24.3 Å². The fraction of sp³-hybridized carbons (Fsp3) is 0.462. The van der Waals surface area contributed by atoms with Gasteiger partial charge in [-0.2, -0.15) is 17.0 Å². The molecule has 0 radical (unpaired) electrons. The van der Waals surface area contributed by atoms with E-state index in [1.807, 2.05) is 24.3 Å². The van der Waals surface area contributed by atoms with Crippen molar-refractivity contribution in [2.45, 2.75) is 25.1 Å². The topological polar surface area (TPSA) is 35.8 Å². The normalized spacial score (nSPS) is 12.1. The van der Waals surface area contributed by atoms with E-state index in [1.165, 1.54) is 5.56 Å². The lowest BCUT2D eigenvalue weighted by Crippen LogP contribution is -2.30. The molecule has 1 atom stereocenters. The molecule has 0 aromatic heterocycles. The third-order valence-electron chi connectivity index (χ3n) is 2.26. The van der Waals surface area contributed by atoms with E-state index in [9.17, 15) is 0 Å². The maximum atomic E-state index is 8.94. The summed E-state index contributed by atoms with van der Waals surface area (Å²) in [4.78, 5) is 0. The van der Waals surface area contributed by atoms with Gasteiger partial charge in [-0.1, -0.05) is 30.7 Å². The number of nitriles is 1. The minimum atomic E-state index is -0.0488. The van der Waals surface area contributed by atoms with Crippen LogP contribution in [0.4, 0.5) is 0 Å². The van der Waals surface area contributed by atoms with Gasteiger partial charge in [0.15, 0.2) is 0 Å². The molecule has 92 valence electrons. The summed E-state index contributed by atoms with van der Waals surface area (Å²) in [5.41, 5.74) is 1.24. The minimum absolute atomic E-state index is 0.0488. The predicted octanol–water partition coefficient (Wildman–Crippen LogP) is 3.46. The summed E-state index contributed by atoms with van der Waals surface area (Å²) in [6.45, 7) is 3.00. The predicted molar refractivity (Wildman–Crippen MR) is 75.3 cm³/mol. The highest BCUT2D eigenvalue weighted by Gasteiger charge is 2.05. The summed E-state index contributed by atoms with van der Waals surface area (Å²) in [5.74, 6) is 1.74. The number of benzene rings is 1. The molecule has 1 aromatic carbocycles. The Bertz CT molecular complexity index is 359. The van der Waals surface area contributed by atoms with Crippen molar-refractivity contribution in [3.05, 3.63) is 34.9 Å². The SMILES string of the molecule is CCCNC(C#N)CSCc1ccc(Cl)cc1. The third kappa shape index (κ3) is 5.97. The van der Waals surface area contributed by atoms with Crippen molar-refractivity contribution in [3.8, 4) is 6.07 Å². The molecular weight excluding hydrogens is 252 g/mol. The van der Waals surface area contributed by atoms with Crippen LogP contribution in [0.2, 0.25) is 5.02 Å². The summed E-state index contributed by atoms with van der Waals surface area (Å²) < 4.78 is 0. The number of rotatable bonds is 7. The molecule has 0 bridgehead atoms. The largest absolute Gasteiger partial charge is 0.301 e. The van der Waals surface area contributed by atoms with Crippen LogP contribution in [-0.2, 0) is 5.75 Å². The first-order valence-corrected chi connectivity index (χ1v) is 7.24. The summed E-state index contributed by atoms with van der Waals surface area (Å²) in [7, 11) is 0. The molecule has 0 amide bonds. The quantitative estimate of drug-likeness (QED) is 0.823. The zero-order valence-corrected chi connectivity index (χ0v) is 11.5.